The summed E-state index contributed by atoms with van der Waals surface area (Å²) in [5.41, 5.74) is 2.19. The quantitative estimate of drug-likeness (QED) is 0.501. The van der Waals surface area contributed by atoms with Gasteiger partial charge in [0.05, 0.1) is 0 Å². The molecule has 194 valence electrons. The van der Waals surface area contributed by atoms with Gasteiger partial charge in [-0.1, -0.05) is 25.1 Å². The third kappa shape index (κ3) is 4.95. The van der Waals surface area contributed by atoms with Gasteiger partial charge in [-0.3, -0.25) is 14.4 Å². The van der Waals surface area contributed by atoms with Crippen LogP contribution in [0, 0.1) is 17.7 Å². The average molecular weight is 507 g/mol. The van der Waals surface area contributed by atoms with Crippen molar-refractivity contribution in [3.63, 3.8) is 0 Å². The largest absolute Gasteiger partial charge is 0.350 e. The Morgan fingerprint density at radius 2 is 1.86 bits per heavy atom. The normalized spacial score (nSPS) is 22.3. The highest BCUT2D eigenvalue weighted by Crippen LogP contribution is 2.42. The number of fused-ring (bicyclic) bond motifs is 1. The molecule has 2 unspecified atom stereocenters. The fraction of sp³-hybridized carbons (Fsp3) is 0.429. The first-order valence-corrected chi connectivity index (χ1v) is 12.7. The summed E-state index contributed by atoms with van der Waals surface area (Å²) in [5, 5.41) is 8.55. The number of hydrogen-bond donors (Lipinski definition) is 3. The lowest BCUT2D eigenvalue weighted by Crippen LogP contribution is -2.55. The molecule has 0 aromatic heterocycles. The minimum Gasteiger partial charge on any atom is -0.350 e. The number of imide groups is 1. The number of carbonyl (C=O) groups excluding carboxylic acids is 4. The van der Waals surface area contributed by atoms with Crippen molar-refractivity contribution in [3.05, 3.63) is 65.0 Å². The predicted octanol–water partition coefficient (Wildman–Crippen LogP) is 3.29. The van der Waals surface area contributed by atoms with Crippen molar-refractivity contribution in [1.82, 2.24) is 15.5 Å². The number of rotatable bonds is 7. The summed E-state index contributed by atoms with van der Waals surface area (Å²) in [6, 6.07) is 9.95. The van der Waals surface area contributed by atoms with Gasteiger partial charge in [0.1, 0.15) is 17.4 Å². The van der Waals surface area contributed by atoms with E-state index in [9.17, 15) is 23.6 Å². The van der Waals surface area contributed by atoms with Crippen molar-refractivity contribution in [1.29, 1.82) is 0 Å². The molecule has 8 nitrogen and oxygen atoms in total. The van der Waals surface area contributed by atoms with E-state index in [4.69, 9.17) is 0 Å². The molecule has 3 aliphatic rings. The zero-order valence-electron chi connectivity index (χ0n) is 21.0. The van der Waals surface area contributed by atoms with Crippen LogP contribution in [-0.4, -0.2) is 40.2 Å². The summed E-state index contributed by atoms with van der Waals surface area (Å²) in [5.74, 6) is -1.26. The number of carbonyl (C=O) groups is 4. The van der Waals surface area contributed by atoms with Crippen LogP contribution in [-0.2, 0) is 33.8 Å². The van der Waals surface area contributed by atoms with E-state index >= 15 is 0 Å². The van der Waals surface area contributed by atoms with Gasteiger partial charge in [0, 0.05) is 25.6 Å². The lowest BCUT2D eigenvalue weighted by atomic mass is 9.77. The van der Waals surface area contributed by atoms with Crippen LogP contribution in [0.25, 0.3) is 0 Å². The molecule has 1 saturated carbocycles. The summed E-state index contributed by atoms with van der Waals surface area (Å²) in [6.07, 6.45) is 3.23. The van der Waals surface area contributed by atoms with Crippen LogP contribution in [0.1, 0.15) is 49.8 Å². The van der Waals surface area contributed by atoms with Gasteiger partial charge in [0.15, 0.2) is 0 Å². The zero-order chi connectivity index (χ0) is 26.3. The Balaban J connectivity index is 1.38. The van der Waals surface area contributed by atoms with Crippen LogP contribution in [0.2, 0.25) is 0 Å². The first-order valence-electron chi connectivity index (χ1n) is 12.7. The van der Waals surface area contributed by atoms with Crippen molar-refractivity contribution in [2.75, 3.05) is 5.32 Å². The van der Waals surface area contributed by atoms with Crippen molar-refractivity contribution in [3.8, 4) is 0 Å². The topological polar surface area (TPSA) is 108 Å². The molecule has 1 aliphatic heterocycles. The Bertz CT molecular complexity index is 1260. The molecule has 0 radical (unpaired) electrons. The summed E-state index contributed by atoms with van der Waals surface area (Å²) >= 11 is 0. The van der Waals surface area contributed by atoms with Crippen molar-refractivity contribution in [2.45, 2.75) is 64.1 Å². The molecule has 3 N–H and O–H groups in total. The number of nitrogens with one attached hydrogen (secondary N) is 3. The van der Waals surface area contributed by atoms with Crippen LogP contribution in [0.3, 0.4) is 0 Å². The van der Waals surface area contributed by atoms with Gasteiger partial charge in [0.2, 0.25) is 11.8 Å². The van der Waals surface area contributed by atoms with Crippen LogP contribution >= 0.6 is 0 Å². The highest BCUT2D eigenvalue weighted by atomic mass is 19.1. The van der Waals surface area contributed by atoms with Gasteiger partial charge >= 0.3 is 6.03 Å². The molecule has 0 bridgehead atoms. The molecule has 5 rings (SSSR count). The first-order chi connectivity index (χ1) is 17.7. The molecule has 2 aromatic carbocycles. The fourth-order valence-corrected chi connectivity index (χ4v) is 5.63. The van der Waals surface area contributed by atoms with Crippen LogP contribution < -0.4 is 16.0 Å². The van der Waals surface area contributed by atoms with E-state index in [2.05, 4.69) is 16.0 Å². The summed E-state index contributed by atoms with van der Waals surface area (Å²) in [7, 11) is 0. The zero-order valence-corrected chi connectivity index (χ0v) is 21.0. The fourth-order valence-electron chi connectivity index (χ4n) is 5.63. The summed E-state index contributed by atoms with van der Waals surface area (Å²) in [4.78, 5) is 53.3. The van der Waals surface area contributed by atoms with Gasteiger partial charge in [-0.05, 0) is 78.5 Å². The second-order valence-electron chi connectivity index (χ2n) is 10.5. The lowest BCUT2D eigenvalue weighted by Gasteiger charge is -2.34. The molecule has 1 saturated heterocycles. The maximum absolute atomic E-state index is 13.9. The van der Waals surface area contributed by atoms with E-state index in [-0.39, 0.29) is 36.0 Å². The number of benzene rings is 2. The SMILES string of the molecule is CC(=O)Nc1ccc2c(c1)CC1(CC2)NC(=O)N(C(C(=O)NCc2ccc(F)cc2)[C@@H](C)C2CC2)C1=O. The number of nitrogens with zero attached hydrogens (tertiary/aromatic N) is 1. The Morgan fingerprint density at radius 1 is 1.14 bits per heavy atom. The Kier molecular flexibility index (Phi) is 6.47. The maximum Gasteiger partial charge on any atom is 0.325 e. The van der Waals surface area contributed by atoms with Gasteiger partial charge in [-0.25, -0.2) is 14.1 Å². The van der Waals surface area contributed by atoms with Gasteiger partial charge in [-0.2, -0.15) is 0 Å². The van der Waals surface area contributed by atoms with Gasteiger partial charge in [0.25, 0.3) is 5.91 Å². The molecule has 37 heavy (non-hydrogen) atoms. The second-order valence-corrected chi connectivity index (χ2v) is 10.5. The number of aryl methyl sites for hydroxylation is 1. The Hall–Kier alpha value is -3.75. The molecular weight excluding hydrogens is 475 g/mol. The molecule has 1 heterocycles. The molecule has 9 heteroatoms. The lowest BCUT2D eigenvalue weighted by molar-refractivity contribution is -0.140. The van der Waals surface area contributed by atoms with Crippen molar-refractivity contribution < 1.29 is 23.6 Å². The smallest absolute Gasteiger partial charge is 0.325 e. The summed E-state index contributed by atoms with van der Waals surface area (Å²) < 4.78 is 13.3. The average Bonchev–Trinajstić information content (AvgIpc) is 3.68. The third-order valence-electron chi connectivity index (χ3n) is 7.82. The van der Waals surface area contributed by atoms with Crippen LogP contribution in [0.15, 0.2) is 42.5 Å². The number of anilines is 1. The van der Waals surface area contributed by atoms with Gasteiger partial charge in [-0.15, -0.1) is 0 Å². The molecule has 3 atom stereocenters. The Labute approximate surface area is 215 Å². The molecule has 2 aliphatic carbocycles. The highest BCUT2D eigenvalue weighted by molar-refractivity contribution is 6.10. The van der Waals surface area contributed by atoms with E-state index in [0.29, 0.717) is 24.9 Å². The standard InChI is InChI=1S/C28H31FN4O4/c1-16(19-5-6-19)24(25(35)30-15-18-3-8-22(29)9-4-18)33-26(36)28(32-27(33)37)12-11-20-7-10-23(31-17(2)34)13-21(20)14-28/h3-4,7-10,13,16,19,24H,5-6,11-12,14-15H2,1-2H3,(H,30,35)(H,31,34)(H,32,37)/t16-,24?,28?/m0/s1. The first kappa shape index (κ1) is 24.9. The van der Waals surface area contributed by atoms with E-state index in [0.717, 1.165) is 34.4 Å². The summed E-state index contributed by atoms with van der Waals surface area (Å²) in [6.45, 7) is 3.52. The maximum atomic E-state index is 13.9. The molecule has 5 amide bonds. The van der Waals surface area contributed by atoms with E-state index in [1.54, 1.807) is 12.1 Å². The molecule has 1 spiro atoms. The molecular formula is C28H31FN4O4. The van der Waals surface area contributed by atoms with Crippen LogP contribution in [0.5, 0.6) is 0 Å². The van der Waals surface area contributed by atoms with Crippen LogP contribution in [0.4, 0.5) is 14.9 Å². The predicted molar refractivity (Wildman–Crippen MR) is 135 cm³/mol. The van der Waals surface area contributed by atoms with Crippen molar-refractivity contribution in [2.24, 2.45) is 11.8 Å². The number of urea groups is 1. The second kappa shape index (κ2) is 9.61. The van der Waals surface area contributed by atoms with E-state index in [1.165, 1.54) is 19.1 Å². The minimum absolute atomic E-state index is 0.168. The molecule has 2 aromatic rings. The third-order valence-corrected chi connectivity index (χ3v) is 7.82. The van der Waals surface area contributed by atoms with Gasteiger partial charge < -0.3 is 16.0 Å². The van der Waals surface area contributed by atoms with Crippen molar-refractivity contribution >= 4 is 29.4 Å². The minimum atomic E-state index is -1.13. The monoisotopic (exact) mass is 506 g/mol. The number of halogens is 1. The molecule has 2 fully saturated rings. The van der Waals surface area contributed by atoms with E-state index in [1.807, 2.05) is 25.1 Å². The number of hydrogen-bond acceptors (Lipinski definition) is 4. The number of amides is 5. The highest BCUT2D eigenvalue weighted by Gasteiger charge is 2.57. The van der Waals surface area contributed by atoms with E-state index < -0.39 is 23.5 Å². The Morgan fingerprint density at radius 3 is 2.54 bits per heavy atom.